The first kappa shape index (κ1) is 13.7. The first-order valence-electron chi connectivity index (χ1n) is 5.77. The summed E-state index contributed by atoms with van der Waals surface area (Å²) in [6, 6.07) is 7.23. The van der Waals surface area contributed by atoms with Gasteiger partial charge >= 0.3 is 0 Å². The summed E-state index contributed by atoms with van der Waals surface area (Å²) in [5.41, 5.74) is 1.07. The van der Waals surface area contributed by atoms with Crippen molar-refractivity contribution in [3.63, 3.8) is 0 Å². The molecule has 7 heteroatoms. The second kappa shape index (κ2) is 6.46. The molecule has 1 aromatic heterocycles. The van der Waals surface area contributed by atoms with Gasteiger partial charge in [0, 0.05) is 11.8 Å². The maximum Gasteiger partial charge on any atom is 0.270 e. The second-order valence-electron chi connectivity index (χ2n) is 3.94. The summed E-state index contributed by atoms with van der Waals surface area (Å²) in [6.07, 6.45) is 0.953. The second-order valence-corrected chi connectivity index (χ2v) is 3.94. The SMILES string of the molecule is Cc1cc(CO/N=C/C(=O)Nc2cccc(F)c2)on1. The monoisotopic (exact) mass is 277 g/mol. The molecule has 1 amide bonds. The fraction of sp³-hybridized carbons (Fsp3) is 0.154. The number of benzene rings is 1. The lowest BCUT2D eigenvalue weighted by Crippen LogP contribution is -2.12. The third-order valence-electron chi connectivity index (χ3n) is 2.22. The Morgan fingerprint density at radius 1 is 1.55 bits per heavy atom. The van der Waals surface area contributed by atoms with Crippen LogP contribution in [-0.2, 0) is 16.2 Å². The number of rotatable bonds is 5. The highest BCUT2D eigenvalue weighted by atomic mass is 19.1. The average Bonchev–Trinajstić information content (AvgIpc) is 2.80. The number of aromatic nitrogens is 1. The molecule has 0 aliphatic carbocycles. The van der Waals surface area contributed by atoms with E-state index in [2.05, 4.69) is 15.6 Å². The number of nitrogens with zero attached hydrogens (tertiary/aromatic N) is 2. The van der Waals surface area contributed by atoms with Crippen LogP contribution < -0.4 is 5.32 Å². The van der Waals surface area contributed by atoms with Gasteiger partial charge in [0.2, 0.25) is 0 Å². The maximum atomic E-state index is 12.9. The van der Waals surface area contributed by atoms with Crippen molar-refractivity contribution in [1.82, 2.24) is 5.16 Å². The largest absolute Gasteiger partial charge is 0.387 e. The molecule has 0 saturated carbocycles. The lowest BCUT2D eigenvalue weighted by atomic mass is 10.3. The highest BCUT2D eigenvalue weighted by molar-refractivity contribution is 6.31. The van der Waals surface area contributed by atoms with Crippen molar-refractivity contribution in [2.75, 3.05) is 5.32 Å². The van der Waals surface area contributed by atoms with Gasteiger partial charge < -0.3 is 14.7 Å². The molecule has 2 aromatic rings. The first-order chi connectivity index (χ1) is 9.63. The van der Waals surface area contributed by atoms with Gasteiger partial charge in [0.1, 0.15) is 12.0 Å². The van der Waals surface area contributed by atoms with Crippen LogP contribution in [-0.4, -0.2) is 17.3 Å². The van der Waals surface area contributed by atoms with E-state index in [1.54, 1.807) is 19.1 Å². The fourth-order valence-electron chi connectivity index (χ4n) is 1.41. The molecular formula is C13H12FN3O3. The predicted molar refractivity (Wildman–Crippen MR) is 69.6 cm³/mol. The number of oxime groups is 1. The number of anilines is 1. The zero-order valence-electron chi connectivity index (χ0n) is 10.7. The Labute approximate surface area is 114 Å². The lowest BCUT2D eigenvalue weighted by Gasteiger charge is -2.00. The number of aryl methyl sites for hydroxylation is 1. The van der Waals surface area contributed by atoms with Gasteiger partial charge in [-0.1, -0.05) is 16.4 Å². The molecule has 0 bridgehead atoms. The van der Waals surface area contributed by atoms with Crippen molar-refractivity contribution >= 4 is 17.8 Å². The summed E-state index contributed by atoms with van der Waals surface area (Å²) in [5, 5.41) is 9.59. The molecule has 0 aliphatic heterocycles. The van der Waals surface area contributed by atoms with E-state index >= 15 is 0 Å². The molecule has 0 radical (unpaired) electrons. The predicted octanol–water partition coefficient (Wildman–Crippen LogP) is 2.26. The third kappa shape index (κ3) is 4.20. The first-order valence-corrected chi connectivity index (χ1v) is 5.77. The topological polar surface area (TPSA) is 76.7 Å². The Kier molecular flexibility index (Phi) is 4.43. The molecule has 0 aliphatic rings. The minimum atomic E-state index is -0.524. The summed E-state index contributed by atoms with van der Waals surface area (Å²) in [7, 11) is 0. The Bertz CT molecular complexity index is 625. The van der Waals surface area contributed by atoms with E-state index in [1.165, 1.54) is 18.2 Å². The summed E-state index contributed by atoms with van der Waals surface area (Å²) in [6.45, 7) is 1.85. The fourth-order valence-corrected chi connectivity index (χ4v) is 1.41. The van der Waals surface area contributed by atoms with Gasteiger partial charge in [0.15, 0.2) is 12.4 Å². The molecule has 1 heterocycles. The van der Waals surface area contributed by atoms with E-state index in [0.717, 1.165) is 11.9 Å². The molecule has 0 fully saturated rings. The summed E-state index contributed by atoms with van der Waals surface area (Å²) in [4.78, 5) is 16.3. The highest BCUT2D eigenvalue weighted by Gasteiger charge is 2.01. The summed E-state index contributed by atoms with van der Waals surface area (Å²) >= 11 is 0. The number of carbonyl (C=O) groups is 1. The Morgan fingerprint density at radius 2 is 2.40 bits per heavy atom. The molecule has 0 spiro atoms. The average molecular weight is 277 g/mol. The molecular weight excluding hydrogens is 265 g/mol. The molecule has 1 N–H and O–H groups in total. The Hall–Kier alpha value is -2.70. The number of hydrogen-bond donors (Lipinski definition) is 1. The van der Waals surface area contributed by atoms with Gasteiger partial charge in [0.05, 0.1) is 5.69 Å². The van der Waals surface area contributed by atoms with Crippen molar-refractivity contribution in [3.05, 3.63) is 47.6 Å². The van der Waals surface area contributed by atoms with Crippen LogP contribution in [0.5, 0.6) is 0 Å². The van der Waals surface area contributed by atoms with Crippen molar-refractivity contribution < 1.29 is 18.5 Å². The summed E-state index contributed by atoms with van der Waals surface area (Å²) in [5.74, 6) is -0.453. The Morgan fingerprint density at radius 3 is 3.10 bits per heavy atom. The van der Waals surface area contributed by atoms with Gasteiger partial charge in [-0.05, 0) is 25.1 Å². The minimum Gasteiger partial charge on any atom is -0.387 e. The van der Waals surface area contributed by atoms with Crippen molar-refractivity contribution in [1.29, 1.82) is 0 Å². The number of amides is 1. The van der Waals surface area contributed by atoms with E-state index in [9.17, 15) is 9.18 Å². The van der Waals surface area contributed by atoms with Crippen molar-refractivity contribution in [2.45, 2.75) is 13.5 Å². The van der Waals surface area contributed by atoms with Crippen LogP contribution in [0.25, 0.3) is 0 Å². The zero-order valence-corrected chi connectivity index (χ0v) is 10.7. The van der Waals surface area contributed by atoms with E-state index in [-0.39, 0.29) is 6.61 Å². The lowest BCUT2D eigenvalue weighted by molar-refractivity contribution is -0.110. The van der Waals surface area contributed by atoms with Gasteiger partial charge in [-0.3, -0.25) is 4.79 Å². The molecule has 0 saturated heterocycles. The quantitative estimate of drug-likeness (QED) is 0.671. The van der Waals surface area contributed by atoms with Crippen LogP contribution in [0.3, 0.4) is 0 Å². The normalized spacial score (nSPS) is 10.7. The minimum absolute atomic E-state index is 0.0740. The summed E-state index contributed by atoms with van der Waals surface area (Å²) < 4.78 is 17.8. The van der Waals surface area contributed by atoms with Gasteiger partial charge in [-0.25, -0.2) is 4.39 Å². The van der Waals surface area contributed by atoms with Gasteiger partial charge in [-0.2, -0.15) is 0 Å². The smallest absolute Gasteiger partial charge is 0.270 e. The molecule has 0 atom stereocenters. The number of carbonyl (C=O) groups excluding carboxylic acids is 1. The Balaban J connectivity index is 1.78. The molecule has 2 rings (SSSR count). The highest BCUT2D eigenvalue weighted by Crippen LogP contribution is 2.08. The van der Waals surface area contributed by atoms with E-state index in [1.807, 2.05) is 0 Å². The molecule has 104 valence electrons. The number of nitrogens with one attached hydrogen (secondary N) is 1. The number of hydrogen-bond acceptors (Lipinski definition) is 5. The van der Waals surface area contributed by atoms with E-state index in [0.29, 0.717) is 11.4 Å². The standard InChI is InChI=1S/C13H12FN3O3/c1-9-5-12(20-17-9)8-19-15-7-13(18)16-11-4-2-3-10(14)6-11/h2-7H,8H2,1H3,(H,16,18)/b15-7+. The molecule has 0 unspecified atom stereocenters. The van der Waals surface area contributed by atoms with Crippen LogP contribution in [0.15, 0.2) is 40.0 Å². The zero-order chi connectivity index (χ0) is 14.4. The van der Waals surface area contributed by atoms with Gasteiger partial charge in [0.25, 0.3) is 5.91 Å². The maximum absolute atomic E-state index is 12.9. The van der Waals surface area contributed by atoms with E-state index < -0.39 is 11.7 Å². The third-order valence-corrected chi connectivity index (χ3v) is 2.22. The number of halogens is 1. The van der Waals surface area contributed by atoms with Crippen molar-refractivity contribution in [3.8, 4) is 0 Å². The molecule has 1 aromatic carbocycles. The van der Waals surface area contributed by atoms with Crippen LogP contribution >= 0.6 is 0 Å². The van der Waals surface area contributed by atoms with Crippen LogP contribution in [0.2, 0.25) is 0 Å². The van der Waals surface area contributed by atoms with Crippen molar-refractivity contribution in [2.24, 2.45) is 5.16 Å². The van der Waals surface area contributed by atoms with Gasteiger partial charge in [-0.15, -0.1) is 0 Å². The molecule has 6 nitrogen and oxygen atoms in total. The van der Waals surface area contributed by atoms with Crippen LogP contribution in [0.4, 0.5) is 10.1 Å². The van der Waals surface area contributed by atoms with Crippen LogP contribution in [0.1, 0.15) is 11.5 Å². The van der Waals surface area contributed by atoms with E-state index in [4.69, 9.17) is 9.36 Å². The molecule has 20 heavy (non-hydrogen) atoms. The van der Waals surface area contributed by atoms with Crippen LogP contribution in [0, 0.1) is 12.7 Å².